The lowest BCUT2D eigenvalue weighted by atomic mass is 9.59. The molecule has 0 bridgehead atoms. The summed E-state index contributed by atoms with van der Waals surface area (Å²) in [5.41, 5.74) is 19.0. The van der Waals surface area contributed by atoms with E-state index in [4.69, 9.17) is 0 Å². The van der Waals surface area contributed by atoms with Gasteiger partial charge in [-0.25, -0.2) is 0 Å². The van der Waals surface area contributed by atoms with Crippen molar-refractivity contribution in [3.8, 4) is 33.6 Å². The summed E-state index contributed by atoms with van der Waals surface area (Å²) >= 11 is 0. The molecule has 1 saturated carbocycles. The molecule has 2 aromatic heterocycles. The van der Waals surface area contributed by atoms with E-state index in [1.54, 1.807) is 11.1 Å². The fourth-order valence-corrected chi connectivity index (χ4v) is 13.6. The van der Waals surface area contributed by atoms with Crippen molar-refractivity contribution in [1.82, 2.24) is 0 Å². The fourth-order valence-electron chi connectivity index (χ4n) is 13.6. The van der Waals surface area contributed by atoms with Crippen LogP contribution in [-0.2, 0) is 39.2 Å². The molecule has 5 aromatic rings. The maximum absolute atomic E-state index is 2.74. The number of benzene rings is 3. The maximum atomic E-state index is 2.74. The first-order chi connectivity index (χ1) is 27.0. The van der Waals surface area contributed by atoms with Crippen molar-refractivity contribution in [3.05, 3.63) is 130 Å². The number of rotatable bonds is 6. The number of fused-ring (bicyclic) bond motifs is 8. The normalized spacial score (nSPS) is 26.6. The van der Waals surface area contributed by atoms with Gasteiger partial charge in [0.2, 0.25) is 11.4 Å². The zero-order valence-electron chi connectivity index (χ0n) is 38.8. The van der Waals surface area contributed by atoms with Crippen LogP contribution in [0, 0.1) is 30.6 Å². The van der Waals surface area contributed by atoms with Gasteiger partial charge in [0.05, 0.1) is 11.0 Å². The highest BCUT2D eigenvalue weighted by molar-refractivity contribution is 5.74. The highest BCUT2D eigenvalue weighted by Crippen LogP contribution is 2.73. The zero-order valence-corrected chi connectivity index (χ0v) is 38.8. The predicted molar refractivity (Wildman–Crippen MR) is 242 cm³/mol. The van der Waals surface area contributed by atoms with Crippen LogP contribution >= 0.6 is 0 Å². The number of aryl methyl sites for hydroxylation is 2. The molecule has 0 radical (unpaired) electrons. The van der Waals surface area contributed by atoms with Crippen molar-refractivity contribution in [2.45, 2.75) is 163 Å². The Bertz CT molecular complexity index is 2540. The minimum atomic E-state index is -0.0293. The molecule has 9 rings (SSSR count). The van der Waals surface area contributed by atoms with Gasteiger partial charge in [-0.1, -0.05) is 139 Å². The SMILES string of the molecule is CCC12c3cc4c(cc3-c3cccc[n+]3C1(CC)C2C[n+]1cc(-c2ccccc2)c(C)cc1-c1cc2c(cc1C)C(C)(C)C(C)(C)C2(C)C)C(C)(C)C(C)(C)C4(C)C. The fraction of sp³-hybridized carbons (Fsp3) is 0.500. The highest BCUT2D eigenvalue weighted by Gasteiger charge is 2.86. The number of nitrogens with zero attached hydrogens (tertiary/aromatic N) is 2. The van der Waals surface area contributed by atoms with E-state index in [0.717, 1.165) is 19.4 Å². The molecule has 58 heavy (non-hydrogen) atoms. The second kappa shape index (κ2) is 11.8. The van der Waals surface area contributed by atoms with E-state index in [0.29, 0.717) is 5.92 Å². The molecular weight excluding hydrogens is 701 g/mol. The van der Waals surface area contributed by atoms with Gasteiger partial charge in [-0.3, -0.25) is 0 Å². The Morgan fingerprint density at radius 2 is 1.02 bits per heavy atom. The van der Waals surface area contributed by atoms with Crippen LogP contribution in [0.5, 0.6) is 0 Å². The average molecular weight is 771 g/mol. The van der Waals surface area contributed by atoms with Crippen molar-refractivity contribution in [1.29, 1.82) is 0 Å². The van der Waals surface area contributed by atoms with Gasteiger partial charge in [-0.2, -0.15) is 9.13 Å². The van der Waals surface area contributed by atoms with E-state index in [1.807, 2.05) is 0 Å². The van der Waals surface area contributed by atoms with Crippen LogP contribution in [0.25, 0.3) is 33.6 Å². The summed E-state index contributed by atoms with van der Waals surface area (Å²) in [7, 11) is 0. The third-order valence-corrected chi connectivity index (χ3v) is 19.6. The molecule has 0 amide bonds. The van der Waals surface area contributed by atoms with Crippen molar-refractivity contribution in [2.24, 2.45) is 16.7 Å². The van der Waals surface area contributed by atoms with Crippen LogP contribution in [0.2, 0.25) is 0 Å². The standard InChI is InChI=1S/C56H70N2/c1-17-55-41-32-45-44(51(9,10)54(15,16)52(45,11)12)31-39(41)46-26-22-23-27-58(46)56(55,18-2)48(55)34-57-33-40(37-24-20-19-21-25-37)36(4)29-47(57)38-30-43-42(28-35(38)3)49(5,6)53(13,14)50(43,7)8/h19-33,48H,17-18,34H2,1-16H3/q+2. The van der Waals surface area contributed by atoms with Gasteiger partial charge >= 0.3 is 0 Å². The highest BCUT2D eigenvalue weighted by atomic mass is 15.2. The van der Waals surface area contributed by atoms with E-state index in [9.17, 15) is 0 Å². The summed E-state index contributed by atoms with van der Waals surface area (Å²) in [4.78, 5) is 0. The largest absolute Gasteiger partial charge is 0.213 e. The molecule has 2 heteroatoms. The Balaban J connectivity index is 1.29. The van der Waals surface area contributed by atoms with Gasteiger partial charge in [-0.05, 0) is 115 Å². The first-order valence-corrected chi connectivity index (χ1v) is 22.5. The molecule has 3 atom stereocenters. The monoisotopic (exact) mass is 771 g/mol. The molecular formula is C56H70N2+2. The topological polar surface area (TPSA) is 7.76 Å². The molecule has 0 saturated heterocycles. The third kappa shape index (κ3) is 4.36. The van der Waals surface area contributed by atoms with E-state index in [-0.39, 0.29) is 43.4 Å². The number of hydrogen-bond donors (Lipinski definition) is 0. The maximum Gasteiger partial charge on any atom is 0.213 e. The van der Waals surface area contributed by atoms with Crippen molar-refractivity contribution < 1.29 is 9.13 Å². The first-order valence-electron chi connectivity index (χ1n) is 22.5. The lowest BCUT2D eigenvalue weighted by molar-refractivity contribution is -0.748. The molecule has 1 fully saturated rings. The van der Waals surface area contributed by atoms with Crippen LogP contribution in [-0.4, -0.2) is 0 Å². The number of pyridine rings is 2. The lowest BCUT2D eigenvalue weighted by Gasteiger charge is -2.44. The van der Waals surface area contributed by atoms with Crippen LogP contribution in [0.15, 0.2) is 91.3 Å². The molecule has 4 aliphatic rings. The summed E-state index contributed by atoms with van der Waals surface area (Å²) in [6.45, 7) is 40.5. The van der Waals surface area contributed by atoms with E-state index >= 15 is 0 Å². The summed E-state index contributed by atoms with van der Waals surface area (Å²) in [6, 6.07) is 31.1. The first kappa shape index (κ1) is 39.4. The van der Waals surface area contributed by atoms with E-state index in [2.05, 4.69) is 211 Å². The molecule has 0 spiro atoms. The van der Waals surface area contributed by atoms with Crippen LogP contribution in [0.3, 0.4) is 0 Å². The Hall–Kier alpha value is -4.04. The van der Waals surface area contributed by atoms with Crippen molar-refractivity contribution >= 4 is 0 Å². The van der Waals surface area contributed by atoms with Crippen LogP contribution in [0.1, 0.15) is 149 Å². The molecule has 3 aromatic carbocycles. The smallest absolute Gasteiger partial charge is 0.197 e. The van der Waals surface area contributed by atoms with Gasteiger partial charge in [0, 0.05) is 35.7 Å². The quantitative estimate of drug-likeness (QED) is 0.152. The molecule has 3 aliphatic carbocycles. The second-order valence-corrected chi connectivity index (χ2v) is 22.3. The van der Waals surface area contributed by atoms with Gasteiger partial charge in [0.15, 0.2) is 24.5 Å². The summed E-state index contributed by atoms with van der Waals surface area (Å²) in [5, 5.41) is 0. The van der Waals surface area contributed by atoms with E-state index in [1.165, 1.54) is 61.5 Å². The Morgan fingerprint density at radius 1 is 0.500 bits per heavy atom. The average Bonchev–Trinajstić information content (AvgIpc) is 3.74. The predicted octanol–water partition coefficient (Wildman–Crippen LogP) is 13.2. The van der Waals surface area contributed by atoms with Crippen molar-refractivity contribution in [2.75, 3.05) is 0 Å². The summed E-state index contributed by atoms with van der Waals surface area (Å²) in [5.74, 6) is 0.408. The Kier molecular flexibility index (Phi) is 8.04. The van der Waals surface area contributed by atoms with Crippen molar-refractivity contribution in [3.63, 3.8) is 0 Å². The summed E-state index contributed by atoms with van der Waals surface area (Å²) in [6.07, 6.45) is 7.14. The third-order valence-electron chi connectivity index (χ3n) is 19.6. The van der Waals surface area contributed by atoms with E-state index < -0.39 is 0 Å². The Labute approximate surface area is 351 Å². The molecule has 302 valence electrons. The summed E-state index contributed by atoms with van der Waals surface area (Å²) < 4.78 is 5.44. The molecule has 1 aliphatic heterocycles. The molecule has 3 heterocycles. The Morgan fingerprint density at radius 3 is 1.59 bits per heavy atom. The van der Waals surface area contributed by atoms with Gasteiger partial charge in [0.1, 0.15) is 5.92 Å². The number of hydrogen-bond acceptors (Lipinski definition) is 0. The minimum Gasteiger partial charge on any atom is -0.197 e. The molecule has 3 unspecified atom stereocenters. The minimum absolute atomic E-state index is 0.00315. The number of aromatic nitrogens is 2. The van der Waals surface area contributed by atoms with Crippen LogP contribution < -0.4 is 9.13 Å². The zero-order chi connectivity index (χ0) is 42.0. The molecule has 2 nitrogen and oxygen atoms in total. The lowest BCUT2D eigenvalue weighted by Crippen LogP contribution is -2.55. The van der Waals surface area contributed by atoms with Crippen LogP contribution in [0.4, 0.5) is 0 Å². The molecule has 0 N–H and O–H groups in total. The van der Waals surface area contributed by atoms with Gasteiger partial charge in [0.25, 0.3) is 0 Å². The van der Waals surface area contributed by atoms with Gasteiger partial charge < -0.3 is 0 Å². The van der Waals surface area contributed by atoms with Gasteiger partial charge in [-0.15, -0.1) is 0 Å². The second-order valence-electron chi connectivity index (χ2n) is 22.3.